The van der Waals surface area contributed by atoms with Crippen LogP contribution >= 0.6 is 11.8 Å². The zero-order valence-electron chi connectivity index (χ0n) is 14.7. The number of ether oxygens (including phenoxy) is 1. The maximum Gasteiger partial charge on any atom is 0.466 e. The van der Waals surface area contributed by atoms with Crippen molar-refractivity contribution in [3.8, 4) is 0 Å². The zero-order chi connectivity index (χ0) is 17.3. The van der Waals surface area contributed by atoms with Gasteiger partial charge in [0.15, 0.2) is 0 Å². The first-order valence-electron chi connectivity index (χ1n) is 7.76. The predicted octanol–water partition coefficient (Wildman–Crippen LogP) is 3.69. The average molecular weight is 336 g/mol. The minimum Gasteiger partial charge on any atom is -0.469 e. The molecule has 6 heteroatoms. The number of rotatable bonds is 5. The van der Waals surface area contributed by atoms with Crippen molar-refractivity contribution < 1.29 is 18.8 Å². The van der Waals surface area contributed by atoms with Gasteiger partial charge in [-0.25, -0.2) is 0 Å². The van der Waals surface area contributed by atoms with E-state index in [0.717, 1.165) is 5.56 Å². The number of carbonyl (C=O) groups excluding carboxylic acids is 1. The predicted molar refractivity (Wildman–Crippen MR) is 93.7 cm³/mol. The van der Waals surface area contributed by atoms with Crippen LogP contribution in [0.2, 0.25) is 0 Å². The van der Waals surface area contributed by atoms with E-state index in [9.17, 15) is 4.79 Å². The largest absolute Gasteiger partial charge is 0.469 e. The highest BCUT2D eigenvalue weighted by atomic mass is 32.2. The molecule has 1 aliphatic heterocycles. The Balaban J connectivity index is 2.29. The minimum absolute atomic E-state index is 0.195. The highest BCUT2D eigenvalue weighted by Crippen LogP contribution is 2.42. The maximum absolute atomic E-state index is 11.9. The highest BCUT2D eigenvalue weighted by molar-refractivity contribution is 7.98. The number of thioether (sulfide) groups is 1. The van der Waals surface area contributed by atoms with E-state index in [4.69, 9.17) is 14.0 Å². The van der Waals surface area contributed by atoms with Gasteiger partial charge in [0.05, 0.1) is 24.7 Å². The van der Waals surface area contributed by atoms with Crippen LogP contribution in [0.4, 0.5) is 0 Å². The summed E-state index contributed by atoms with van der Waals surface area (Å²) in [6, 6.07) is 8.17. The molecule has 0 radical (unpaired) electrons. The van der Waals surface area contributed by atoms with Gasteiger partial charge in [-0.3, -0.25) is 4.79 Å². The Morgan fingerprint density at radius 2 is 1.70 bits per heavy atom. The van der Waals surface area contributed by atoms with E-state index in [1.807, 2.05) is 46.1 Å². The zero-order valence-corrected chi connectivity index (χ0v) is 15.5. The molecule has 2 rings (SSSR count). The topological polar surface area (TPSA) is 44.8 Å². The molecule has 1 saturated heterocycles. The Kier molecular flexibility index (Phi) is 5.49. The van der Waals surface area contributed by atoms with Crippen LogP contribution in [-0.2, 0) is 18.8 Å². The lowest BCUT2D eigenvalue weighted by Crippen LogP contribution is -2.41. The summed E-state index contributed by atoms with van der Waals surface area (Å²) < 4.78 is 17.2. The molecule has 0 spiro atoms. The van der Waals surface area contributed by atoms with Crippen molar-refractivity contribution >= 4 is 24.8 Å². The Bertz CT molecular complexity index is 540. The second kappa shape index (κ2) is 6.87. The van der Waals surface area contributed by atoms with E-state index in [2.05, 4.69) is 12.1 Å². The van der Waals surface area contributed by atoms with Gasteiger partial charge in [-0.2, -0.15) is 0 Å². The van der Waals surface area contributed by atoms with Crippen LogP contribution in [-0.4, -0.2) is 37.7 Å². The van der Waals surface area contributed by atoms with Crippen molar-refractivity contribution in [2.75, 3.05) is 13.4 Å². The van der Waals surface area contributed by atoms with Crippen molar-refractivity contribution in [2.24, 2.45) is 0 Å². The van der Waals surface area contributed by atoms with E-state index < -0.39 is 18.3 Å². The van der Waals surface area contributed by atoms with E-state index >= 15 is 0 Å². The molecule has 1 aromatic rings. The fourth-order valence-corrected chi connectivity index (χ4v) is 2.95. The quantitative estimate of drug-likeness (QED) is 0.466. The van der Waals surface area contributed by atoms with E-state index in [-0.39, 0.29) is 18.2 Å². The third-order valence-corrected chi connectivity index (χ3v) is 5.50. The normalized spacial score (nSPS) is 20.3. The highest BCUT2D eigenvalue weighted by Gasteiger charge is 2.54. The number of hydrogen-bond acceptors (Lipinski definition) is 5. The molecule has 1 heterocycles. The first-order valence-corrected chi connectivity index (χ1v) is 8.99. The molecule has 0 amide bonds. The molecule has 1 fully saturated rings. The number of benzene rings is 1. The van der Waals surface area contributed by atoms with Gasteiger partial charge in [-0.1, -0.05) is 12.1 Å². The van der Waals surface area contributed by atoms with Crippen molar-refractivity contribution in [3.05, 3.63) is 29.8 Å². The lowest BCUT2D eigenvalue weighted by Gasteiger charge is -2.32. The van der Waals surface area contributed by atoms with Crippen LogP contribution in [0, 0.1) is 0 Å². The second-order valence-electron chi connectivity index (χ2n) is 6.78. The molecule has 0 aromatic heterocycles. The standard InChI is InChI=1S/C17H25BO4S/c1-16(2)17(3,4)22-18(21-16)14(11-15(19)20-5)12-7-9-13(23-6)10-8-12/h7-10,14H,11H2,1-6H3. The van der Waals surface area contributed by atoms with Crippen molar-refractivity contribution in [2.45, 2.75) is 56.0 Å². The van der Waals surface area contributed by atoms with Crippen molar-refractivity contribution in [1.29, 1.82) is 0 Å². The van der Waals surface area contributed by atoms with Crippen LogP contribution < -0.4 is 0 Å². The van der Waals surface area contributed by atoms with Gasteiger partial charge < -0.3 is 14.0 Å². The summed E-state index contributed by atoms with van der Waals surface area (Å²) in [5.41, 5.74) is 0.169. The molecular formula is C17H25BO4S. The molecule has 1 atom stereocenters. The molecule has 1 unspecified atom stereocenters. The van der Waals surface area contributed by atoms with Crippen molar-refractivity contribution in [1.82, 2.24) is 0 Å². The Hall–Kier alpha value is -0.975. The van der Waals surface area contributed by atoms with Crippen LogP contribution in [0.3, 0.4) is 0 Å². The van der Waals surface area contributed by atoms with E-state index in [1.54, 1.807) is 11.8 Å². The lowest BCUT2D eigenvalue weighted by atomic mass is 9.66. The van der Waals surface area contributed by atoms with Gasteiger partial charge in [0.1, 0.15) is 0 Å². The smallest absolute Gasteiger partial charge is 0.466 e. The number of hydrogen-bond donors (Lipinski definition) is 0. The second-order valence-corrected chi connectivity index (χ2v) is 7.66. The first kappa shape index (κ1) is 18.4. The van der Waals surface area contributed by atoms with E-state index in [1.165, 1.54) is 12.0 Å². The SMILES string of the molecule is COC(=O)CC(B1OC(C)(C)C(C)(C)O1)c1ccc(SC)cc1. The van der Waals surface area contributed by atoms with Gasteiger partial charge >= 0.3 is 13.1 Å². The molecule has 1 aromatic carbocycles. The fraction of sp³-hybridized carbons (Fsp3) is 0.588. The van der Waals surface area contributed by atoms with Crippen LogP contribution in [0.15, 0.2) is 29.2 Å². The summed E-state index contributed by atoms with van der Waals surface area (Å²) >= 11 is 1.69. The molecule has 0 saturated carbocycles. The van der Waals surface area contributed by atoms with E-state index in [0.29, 0.717) is 0 Å². The Morgan fingerprint density at radius 3 is 2.13 bits per heavy atom. The summed E-state index contributed by atoms with van der Waals surface area (Å²) in [4.78, 5) is 13.0. The van der Waals surface area contributed by atoms with Gasteiger partial charge in [-0.15, -0.1) is 11.8 Å². The summed E-state index contributed by atoms with van der Waals surface area (Å²) in [7, 11) is 0.930. The molecule has 126 valence electrons. The Labute approximate surface area is 143 Å². The molecule has 23 heavy (non-hydrogen) atoms. The Morgan fingerprint density at radius 1 is 1.17 bits per heavy atom. The van der Waals surface area contributed by atoms with Gasteiger partial charge in [0.25, 0.3) is 0 Å². The number of carbonyl (C=O) groups is 1. The molecule has 0 bridgehead atoms. The van der Waals surface area contributed by atoms with Crippen LogP contribution in [0.25, 0.3) is 0 Å². The van der Waals surface area contributed by atoms with Gasteiger partial charge in [0, 0.05) is 10.7 Å². The van der Waals surface area contributed by atoms with Crippen LogP contribution in [0.1, 0.15) is 45.5 Å². The van der Waals surface area contributed by atoms with Crippen LogP contribution in [0.5, 0.6) is 0 Å². The fourth-order valence-electron chi connectivity index (χ4n) is 2.54. The lowest BCUT2D eigenvalue weighted by molar-refractivity contribution is -0.140. The third kappa shape index (κ3) is 3.93. The van der Waals surface area contributed by atoms with Gasteiger partial charge in [0.2, 0.25) is 0 Å². The minimum atomic E-state index is -0.473. The summed E-state index contributed by atoms with van der Waals surface area (Å²) in [5, 5.41) is 0. The molecule has 1 aliphatic rings. The summed E-state index contributed by atoms with van der Waals surface area (Å²) in [5.74, 6) is -0.460. The average Bonchev–Trinajstić information content (AvgIpc) is 2.72. The first-order chi connectivity index (χ1) is 10.7. The monoisotopic (exact) mass is 336 g/mol. The van der Waals surface area contributed by atoms with Gasteiger partial charge in [-0.05, 0) is 51.6 Å². The molecule has 0 aliphatic carbocycles. The number of methoxy groups -OCH3 is 1. The summed E-state index contributed by atoms with van der Waals surface area (Å²) in [6.45, 7) is 8.05. The summed E-state index contributed by atoms with van der Waals surface area (Å²) in [6.07, 6.45) is 2.26. The number of esters is 1. The third-order valence-electron chi connectivity index (χ3n) is 4.76. The molecule has 0 N–H and O–H groups in total. The molecular weight excluding hydrogens is 311 g/mol. The van der Waals surface area contributed by atoms with Crippen molar-refractivity contribution in [3.63, 3.8) is 0 Å². The molecule has 4 nitrogen and oxygen atoms in total. The maximum atomic E-state index is 11.9.